The van der Waals surface area contributed by atoms with Gasteiger partial charge >= 0.3 is 0 Å². The number of rotatable bonds is 5. The number of ether oxygens (including phenoxy) is 2. The molecule has 3 nitrogen and oxygen atoms in total. The van der Waals surface area contributed by atoms with Crippen molar-refractivity contribution >= 4 is 0 Å². The molecule has 1 aliphatic heterocycles. The van der Waals surface area contributed by atoms with E-state index >= 15 is 0 Å². The molecule has 0 amide bonds. The Morgan fingerprint density at radius 2 is 2.26 bits per heavy atom. The normalized spacial score (nSPS) is 26.4. The second-order valence-electron chi connectivity index (χ2n) is 5.72. The first-order valence-corrected chi connectivity index (χ1v) is 7.39. The van der Waals surface area contributed by atoms with E-state index in [0.717, 1.165) is 37.7 Å². The van der Waals surface area contributed by atoms with Gasteiger partial charge in [0.15, 0.2) is 0 Å². The van der Waals surface area contributed by atoms with Crippen LogP contribution in [0.2, 0.25) is 0 Å². The molecule has 1 aromatic rings. The van der Waals surface area contributed by atoms with Crippen molar-refractivity contribution < 1.29 is 9.47 Å². The van der Waals surface area contributed by atoms with Crippen molar-refractivity contribution in [3.05, 3.63) is 29.3 Å². The lowest BCUT2D eigenvalue weighted by Crippen LogP contribution is -2.33. The fraction of sp³-hybridized carbons (Fsp3) is 0.625. The summed E-state index contributed by atoms with van der Waals surface area (Å²) < 4.78 is 11.1. The van der Waals surface area contributed by atoms with Crippen molar-refractivity contribution in [3.63, 3.8) is 0 Å². The predicted octanol–water partition coefficient (Wildman–Crippen LogP) is 2.83. The molecular weight excluding hydrogens is 238 g/mol. The molecule has 2 aliphatic rings. The molecule has 1 aromatic carbocycles. The highest BCUT2D eigenvalue weighted by Gasteiger charge is 2.31. The molecule has 2 N–H and O–H groups in total. The van der Waals surface area contributed by atoms with Gasteiger partial charge in [0, 0.05) is 19.1 Å². The molecule has 104 valence electrons. The molecule has 0 aromatic heterocycles. The molecule has 3 heteroatoms. The van der Waals surface area contributed by atoms with Crippen LogP contribution in [0.4, 0.5) is 0 Å². The first kappa shape index (κ1) is 12.9. The largest absolute Gasteiger partial charge is 0.493 e. The Bertz CT molecular complexity index is 440. The zero-order valence-corrected chi connectivity index (χ0v) is 11.6. The number of nitrogens with two attached hydrogens (primary N) is 1. The average molecular weight is 261 g/mol. The molecular formula is C16H23NO2. The molecule has 1 fully saturated rings. The monoisotopic (exact) mass is 261 g/mol. The summed E-state index contributed by atoms with van der Waals surface area (Å²) in [4.78, 5) is 0. The molecule has 0 spiro atoms. The van der Waals surface area contributed by atoms with Gasteiger partial charge in [-0.25, -0.2) is 0 Å². The quantitative estimate of drug-likeness (QED) is 0.886. The van der Waals surface area contributed by atoms with Crippen molar-refractivity contribution in [3.8, 4) is 5.75 Å². The van der Waals surface area contributed by atoms with E-state index in [1.807, 2.05) is 0 Å². The lowest BCUT2D eigenvalue weighted by atomic mass is 9.77. The van der Waals surface area contributed by atoms with E-state index in [0.29, 0.717) is 6.10 Å². The lowest BCUT2D eigenvalue weighted by molar-refractivity contribution is -0.0282. The summed E-state index contributed by atoms with van der Waals surface area (Å²) in [6.45, 7) is 3.70. The van der Waals surface area contributed by atoms with Gasteiger partial charge in [-0.3, -0.25) is 0 Å². The van der Waals surface area contributed by atoms with Gasteiger partial charge in [-0.15, -0.1) is 0 Å². The summed E-state index contributed by atoms with van der Waals surface area (Å²) in [6.07, 6.45) is 4.93. The average Bonchev–Trinajstić information content (AvgIpc) is 2.83. The smallest absolute Gasteiger partial charge is 0.122 e. The van der Waals surface area contributed by atoms with E-state index < -0.39 is 0 Å². The van der Waals surface area contributed by atoms with Gasteiger partial charge in [-0.1, -0.05) is 12.1 Å². The lowest BCUT2D eigenvalue weighted by Gasteiger charge is -2.36. The maximum Gasteiger partial charge on any atom is 0.122 e. The van der Waals surface area contributed by atoms with Gasteiger partial charge in [0.05, 0.1) is 12.7 Å². The van der Waals surface area contributed by atoms with Crippen LogP contribution < -0.4 is 10.5 Å². The minimum absolute atomic E-state index is 0.151. The maximum absolute atomic E-state index is 6.34. The third kappa shape index (κ3) is 2.77. The van der Waals surface area contributed by atoms with Crippen molar-refractivity contribution in [1.82, 2.24) is 0 Å². The number of hydrogen-bond donors (Lipinski definition) is 1. The molecule has 0 bridgehead atoms. The van der Waals surface area contributed by atoms with Crippen molar-refractivity contribution in [1.29, 1.82) is 0 Å². The summed E-state index contributed by atoms with van der Waals surface area (Å²) in [5.41, 5.74) is 8.90. The van der Waals surface area contributed by atoms with E-state index in [4.69, 9.17) is 15.2 Å². The number of hydrogen-bond acceptors (Lipinski definition) is 3. The summed E-state index contributed by atoms with van der Waals surface area (Å²) >= 11 is 0. The van der Waals surface area contributed by atoms with E-state index in [2.05, 4.69) is 25.1 Å². The molecule has 1 aliphatic carbocycles. The maximum atomic E-state index is 6.34. The van der Waals surface area contributed by atoms with Crippen LogP contribution in [0.25, 0.3) is 0 Å². The van der Waals surface area contributed by atoms with Crippen LogP contribution in [-0.4, -0.2) is 19.3 Å². The fourth-order valence-electron chi connectivity index (χ4n) is 3.17. The van der Waals surface area contributed by atoms with E-state index in [-0.39, 0.29) is 6.04 Å². The Hall–Kier alpha value is -1.06. The Morgan fingerprint density at radius 1 is 1.42 bits per heavy atom. The molecule has 19 heavy (non-hydrogen) atoms. The predicted molar refractivity (Wildman–Crippen MR) is 75.3 cm³/mol. The van der Waals surface area contributed by atoms with Gasteiger partial charge < -0.3 is 15.2 Å². The topological polar surface area (TPSA) is 44.5 Å². The van der Waals surface area contributed by atoms with Gasteiger partial charge in [0.1, 0.15) is 5.75 Å². The molecule has 1 heterocycles. The van der Waals surface area contributed by atoms with Crippen LogP contribution in [0, 0.1) is 5.92 Å². The van der Waals surface area contributed by atoms with Gasteiger partial charge in [-0.05, 0) is 49.3 Å². The third-order valence-corrected chi connectivity index (χ3v) is 4.32. The van der Waals surface area contributed by atoms with E-state index in [1.165, 1.54) is 24.0 Å². The van der Waals surface area contributed by atoms with Crippen molar-refractivity contribution in [2.75, 3.05) is 13.2 Å². The van der Waals surface area contributed by atoms with Crippen LogP contribution in [0.15, 0.2) is 18.2 Å². The second-order valence-corrected chi connectivity index (χ2v) is 5.72. The van der Waals surface area contributed by atoms with Crippen LogP contribution in [-0.2, 0) is 11.2 Å². The molecule has 3 rings (SSSR count). The van der Waals surface area contributed by atoms with Gasteiger partial charge in [0.2, 0.25) is 0 Å². The minimum atomic E-state index is 0.151. The Kier molecular flexibility index (Phi) is 3.76. The first-order valence-electron chi connectivity index (χ1n) is 7.39. The van der Waals surface area contributed by atoms with Crippen LogP contribution in [0.3, 0.4) is 0 Å². The Balaban J connectivity index is 1.55. The van der Waals surface area contributed by atoms with Gasteiger partial charge in [0.25, 0.3) is 0 Å². The zero-order chi connectivity index (χ0) is 13.2. The third-order valence-electron chi connectivity index (χ3n) is 4.32. The van der Waals surface area contributed by atoms with Crippen molar-refractivity contribution in [2.24, 2.45) is 11.7 Å². The highest BCUT2D eigenvalue weighted by molar-refractivity contribution is 5.40. The van der Waals surface area contributed by atoms with Crippen molar-refractivity contribution in [2.45, 2.75) is 44.8 Å². The number of fused-ring (bicyclic) bond motifs is 1. The van der Waals surface area contributed by atoms with Crippen LogP contribution in [0.1, 0.15) is 43.4 Å². The zero-order valence-electron chi connectivity index (χ0n) is 11.6. The molecule has 1 saturated carbocycles. The molecule has 1 atom stereocenters. The Labute approximate surface area is 115 Å². The Morgan fingerprint density at radius 3 is 3.05 bits per heavy atom. The fourth-order valence-corrected chi connectivity index (χ4v) is 3.17. The van der Waals surface area contributed by atoms with E-state index in [1.54, 1.807) is 0 Å². The summed E-state index contributed by atoms with van der Waals surface area (Å²) in [5.74, 6) is 1.77. The number of benzene rings is 1. The van der Waals surface area contributed by atoms with Crippen LogP contribution >= 0.6 is 0 Å². The first-order chi connectivity index (χ1) is 9.26. The highest BCUT2D eigenvalue weighted by atomic mass is 16.5. The summed E-state index contributed by atoms with van der Waals surface area (Å²) in [7, 11) is 0. The second kappa shape index (κ2) is 5.51. The van der Waals surface area contributed by atoms with Crippen LogP contribution in [0.5, 0.6) is 5.75 Å². The summed E-state index contributed by atoms with van der Waals surface area (Å²) in [6, 6.07) is 6.57. The molecule has 0 radical (unpaired) electrons. The summed E-state index contributed by atoms with van der Waals surface area (Å²) in [5, 5.41) is 0. The standard InChI is InChI=1S/C16H23NO2/c1-2-18-14-7-11(8-14)9-15(17)12-3-4-16-13(10-12)5-6-19-16/h3-4,10-11,14-15H,2,5-9,17H2,1H3. The van der Waals surface area contributed by atoms with E-state index in [9.17, 15) is 0 Å². The molecule has 1 unspecified atom stereocenters. The minimum Gasteiger partial charge on any atom is -0.493 e. The molecule has 0 saturated heterocycles. The highest BCUT2D eigenvalue weighted by Crippen LogP contribution is 2.37. The van der Waals surface area contributed by atoms with Gasteiger partial charge in [-0.2, -0.15) is 0 Å². The SMILES string of the molecule is CCOC1CC(CC(N)c2ccc3c(c2)CCO3)C1.